The maximum absolute atomic E-state index is 13.1. The van der Waals surface area contributed by atoms with E-state index in [1.165, 1.54) is 31.2 Å². The summed E-state index contributed by atoms with van der Waals surface area (Å²) in [4.78, 5) is 13.1. The molecule has 0 unspecified atom stereocenters. The monoisotopic (exact) mass is 462 g/mol. The van der Waals surface area contributed by atoms with Gasteiger partial charge in [0.25, 0.3) is 5.91 Å². The first kappa shape index (κ1) is 22.1. The fourth-order valence-corrected chi connectivity index (χ4v) is 4.53. The molecule has 0 aromatic heterocycles. The van der Waals surface area contributed by atoms with Crippen LogP contribution in [-0.2, 0) is 44.0 Å². The number of carbonyl (C=O) groups excluding carboxylic acids is 1. The van der Waals surface area contributed by atoms with Gasteiger partial charge in [0.05, 0.1) is 13.1 Å². The van der Waals surface area contributed by atoms with E-state index in [9.17, 15) is 4.79 Å². The molecule has 3 aromatic carbocycles. The van der Waals surface area contributed by atoms with Crippen LogP contribution in [0.5, 0.6) is 0 Å². The van der Waals surface area contributed by atoms with Crippen molar-refractivity contribution in [2.45, 2.75) is 32.2 Å². The van der Waals surface area contributed by atoms with Gasteiger partial charge in [-0.05, 0) is 37.1 Å². The van der Waals surface area contributed by atoms with E-state index in [1.807, 2.05) is 24.3 Å². The molecule has 4 rings (SSSR count). The third-order valence-electron chi connectivity index (χ3n) is 5.92. The van der Waals surface area contributed by atoms with Crippen molar-refractivity contribution < 1.29 is 42.0 Å². The van der Waals surface area contributed by atoms with E-state index in [-0.39, 0.29) is 38.6 Å². The van der Waals surface area contributed by atoms with Crippen molar-refractivity contribution in [2.24, 2.45) is 0 Å². The maximum atomic E-state index is 13.1. The normalized spacial score (nSPS) is 15.9. The minimum Gasteiger partial charge on any atom is -0.321 e. The van der Waals surface area contributed by atoms with Crippen molar-refractivity contribution in [3.63, 3.8) is 0 Å². The predicted molar refractivity (Wildman–Crippen MR) is 116 cm³/mol. The van der Waals surface area contributed by atoms with Gasteiger partial charge in [-0.15, -0.1) is 0 Å². The second-order valence-electron chi connectivity index (χ2n) is 8.08. The zero-order valence-electron chi connectivity index (χ0n) is 17.0. The van der Waals surface area contributed by atoms with Crippen LogP contribution in [-0.4, -0.2) is 30.0 Å². The maximum Gasteiger partial charge on any atom is 0.279 e. The van der Waals surface area contributed by atoms with Gasteiger partial charge in [-0.3, -0.25) is 4.79 Å². The minimum atomic E-state index is 0. The van der Waals surface area contributed by atoms with E-state index in [1.54, 1.807) is 0 Å². The number of nitrogens with zero attached hydrogens (tertiary/aromatic N) is 1. The van der Waals surface area contributed by atoms with E-state index < -0.39 is 0 Å². The van der Waals surface area contributed by atoms with E-state index in [2.05, 4.69) is 53.8 Å². The molecule has 4 heteroatoms. The van der Waals surface area contributed by atoms with Crippen molar-refractivity contribution >= 4 is 22.4 Å². The minimum absolute atomic E-state index is 0. The van der Waals surface area contributed by atoms with Crippen molar-refractivity contribution in [1.29, 1.82) is 0 Å². The molecule has 1 fully saturated rings. The molecule has 0 spiro atoms. The van der Waals surface area contributed by atoms with Gasteiger partial charge in [-0.25, -0.2) is 0 Å². The van der Waals surface area contributed by atoms with E-state index in [4.69, 9.17) is 0 Å². The molecule has 3 nitrogen and oxygen atoms in total. The van der Waals surface area contributed by atoms with E-state index >= 15 is 0 Å². The SMILES string of the molecule is O=C(C[N+]1(Cc2ccccc2)CCCCCC1)Nc1cccc2ccccc12.[Y]. The van der Waals surface area contributed by atoms with Crippen LogP contribution in [0.4, 0.5) is 5.69 Å². The van der Waals surface area contributed by atoms with Crippen molar-refractivity contribution in [3.05, 3.63) is 78.4 Å². The molecule has 1 aliphatic rings. The van der Waals surface area contributed by atoms with Crippen molar-refractivity contribution in [1.82, 2.24) is 0 Å². The number of nitrogens with one attached hydrogen (secondary N) is 1. The fraction of sp³-hybridized carbons (Fsp3) is 0.320. The Bertz CT molecular complexity index is 928. The van der Waals surface area contributed by atoms with E-state index in [0.29, 0.717) is 6.54 Å². The summed E-state index contributed by atoms with van der Waals surface area (Å²) in [6, 6.07) is 25.0. The molecule has 0 bridgehead atoms. The summed E-state index contributed by atoms with van der Waals surface area (Å²) in [5.74, 6) is 0.120. The number of hydrogen-bond acceptors (Lipinski definition) is 1. The topological polar surface area (TPSA) is 29.1 Å². The molecule has 0 atom stereocenters. The average Bonchev–Trinajstić information content (AvgIpc) is 2.94. The summed E-state index contributed by atoms with van der Waals surface area (Å²) < 4.78 is 0.862. The summed E-state index contributed by atoms with van der Waals surface area (Å²) in [5.41, 5.74) is 2.23. The molecule has 1 aliphatic heterocycles. The molecule has 29 heavy (non-hydrogen) atoms. The van der Waals surface area contributed by atoms with Crippen LogP contribution < -0.4 is 5.32 Å². The van der Waals surface area contributed by atoms with Crippen LogP contribution in [0.25, 0.3) is 10.8 Å². The van der Waals surface area contributed by atoms with Gasteiger partial charge >= 0.3 is 0 Å². The van der Waals surface area contributed by atoms with Gasteiger partial charge in [0.15, 0.2) is 6.54 Å². The molecule has 3 aromatic rings. The van der Waals surface area contributed by atoms with Crippen LogP contribution in [0.15, 0.2) is 72.8 Å². The van der Waals surface area contributed by atoms with Gasteiger partial charge in [-0.1, -0.05) is 66.7 Å². The van der Waals surface area contributed by atoms with Crippen LogP contribution >= 0.6 is 0 Å². The Hall–Kier alpha value is -1.55. The Balaban J connectivity index is 0.00000240. The molecule has 0 aliphatic carbocycles. The number of quaternary nitrogens is 1. The number of rotatable bonds is 5. The number of hydrogen-bond donors (Lipinski definition) is 1. The quantitative estimate of drug-likeness (QED) is 0.508. The Kier molecular flexibility index (Phi) is 8.00. The summed E-state index contributed by atoms with van der Waals surface area (Å²) in [6.45, 7) is 3.64. The smallest absolute Gasteiger partial charge is 0.279 e. The zero-order valence-corrected chi connectivity index (χ0v) is 19.9. The number of benzene rings is 3. The van der Waals surface area contributed by atoms with E-state index in [0.717, 1.165) is 40.6 Å². The second-order valence-corrected chi connectivity index (χ2v) is 8.08. The molecule has 1 heterocycles. The number of carbonyl (C=O) groups is 1. The predicted octanol–water partition coefficient (Wildman–Crippen LogP) is 5.37. The van der Waals surface area contributed by atoms with Crippen molar-refractivity contribution in [2.75, 3.05) is 25.0 Å². The third kappa shape index (κ3) is 5.75. The first-order chi connectivity index (χ1) is 13.7. The van der Waals surface area contributed by atoms with Gasteiger partial charge in [0, 0.05) is 49.3 Å². The summed E-state index contributed by atoms with van der Waals surface area (Å²) in [7, 11) is 0. The number of anilines is 1. The zero-order chi connectivity index (χ0) is 19.2. The Morgan fingerprint density at radius 2 is 1.45 bits per heavy atom. The van der Waals surface area contributed by atoms with Gasteiger partial charge in [0.2, 0.25) is 0 Å². The third-order valence-corrected chi connectivity index (χ3v) is 5.92. The van der Waals surface area contributed by atoms with Crippen LogP contribution in [0.3, 0.4) is 0 Å². The number of fused-ring (bicyclic) bond motifs is 1. The van der Waals surface area contributed by atoms with Crippen LogP contribution in [0.1, 0.15) is 31.2 Å². The van der Waals surface area contributed by atoms with Crippen LogP contribution in [0.2, 0.25) is 0 Å². The summed E-state index contributed by atoms with van der Waals surface area (Å²) >= 11 is 0. The molecule has 0 saturated carbocycles. The van der Waals surface area contributed by atoms with Gasteiger partial charge < -0.3 is 9.80 Å². The Labute approximate surface area is 199 Å². The number of amides is 1. The molecular formula is C25H29N2OY+. The van der Waals surface area contributed by atoms with Crippen molar-refractivity contribution in [3.8, 4) is 0 Å². The average molecular weight is 462 g/mol. The molecule has 1 N–H and O–H groups in total. The molecule has 147 valence electrons. The Morgan fingerprint density at radius 3 is 2.21 bits per heavy atom. The summed E-state index contributed by atoms with van der Waals surface area (Å²) in [5, 5.41) is 5.47. The summed E-state index contributed by atoms with van der Waals surface area (Å²) in [6.07, 6.45) is 4.96. The first-order valence-electron chi connectivity index (χ1n) is 10.4. The Morgan fingerprint density at radius 1 is 0.793 bits per heavy atom. The molecule has 1 saturated heterocycles. The number of likely N-dealkylation sites (tertiary alicyclic amines) is 1. The van der Waals surface area contributed by atoms with Gasteiger partial charge in [-0.2, -0.15) is 0 Å². The van der Waals surface area contributed by atoms with Gasteiger partial charge in [0.1, 0.15) is 6.54 Å². The molecule has 1 amide bonds. The molecular weight excluding hydrogens is 433 g/mol. The second kappa shape index (κ2) is 10.5. The fourth-order valence-electron chi connectivity index (χ4n) is 4.53. The standard InChI is InChI=1S/C25H28N2O.Y/c28-25(26-24-16-10-14-22-13-6-7-15-23(22)24)20-27(17-8-1-2-9-18-27)19-21-11-4-3-5-12-21;/h3-7,10-16H,1-2,8-9,17-20H2;/p+1. The largest absolute Gasteiger partial charge is 0.321 e. The molecule has 1 radical (unpaired) electrons. The van der Waals surface area contributed by atoms with Crippen LogP contribution in [0, 0.1) is 0 Å². The first-order valence-corrected chi connectivity index (χ1v) is 10.4.